The van der Waals surface area contributed by atoms with Crippen molar-refractivity contribution in [1.29, 1.82) is 0 Å². The Morgan fingerprint density at radius 2 is 1.41 bits per heavy atom. The maximum absolute atomic E-state index is 13.7. The Hall–Kier alpha value is -4.82. The number of carbonyl (C=O) groups is 3. The van der Waals surface area contributed by atoms with Gasteiger partial charge in [0.15, 0.2) is 6.10 Å². The quantitative estimate of drug-likeness (QED) is 0.156. The van der Waals surface area contributed by atoms with E-state index in [1.54, 1.807) is 54.6 Å². The van der Waals surface area contributed by atoms with Crippen LogP contribution >= 0.6 is 0 Å². The lowest BCUT2D eigenvalue weighted by Gasteiger charge is -2.52. The molecular weight excluding hydrogens is 611 g/mol. The highest BCUT2D eigenvalue weighted by Gasteiger charge is 2.50. The van der Waals surface area contributed by atoms with E-state index in [4.69, 9.17) is 14.6 Å². The van der Waals surface area contributed by atoms with Gasteiger partial charge >= 0.3 is 12.1 Å². The fourth-order valence-corrected chi connectivity index (χ4v) is 5.98. The first-order chi connectivity index (χ1) is 21.8. The van der Waals surface area contributed by atoms with Crippen LogP contribution in [0.4, 0.5) is 18.9 Å². The SMILES string of the molecule is O=C(NCC[N+]12CCC(CC1)[C@@H](OC(=O)C(O)(c1ccccc1)c1ccccc1)C2)c1ccccc1[N+](=O)[O-].O=C([O-])C(F)(F)F. The first-order valence-electron chi connectivity index (χ1n) is 14.5. The predicted octanol–water partition coefficient (Wildman–Crippen LogP) is 2.71. The number of rotatable bonds is 9. The number of para-hydroxylation sites is 1. The van der Waals surface area contributed by atoms with E-state index in [0.29, 0.717) is 35.2 Å². The molecule has 0 aliphatic carbocycles. The molecule has 0 spiro atoms. The number of carboxylic acids is 1. The number of quaternary nitrogens is 1. The van der Waals surface area contributed by atoms with Crippen molar-refractivity contribution in [3.63, 3.8) is 0 Å². The van der Waals surface area contributed by atoms with Crippen molar-refractivity contribution in [2.45, 2.75) is 30.7 Å². The van der Waals surface area contributed by atoms with Crippen molar-refractivity contribution in [3.05, 3.63) is 112 Å². The third-order valence-corrected chi connectivity index (χ3v) is 8.43. The second kappa shape index (κ2) is 14.1. The van der Waals surface area contributed by atoms with Gasteiger partial charge in [-0.3, -0.25) is 14.9 Å². The van der Waals surface area contributed by atoms with Crippen molar-refractivity contribution >= 4 is 23.5 Å². The normalized spacial score (nSPS) is 20.5. The van der Waals surface area contributed by atoms with Crippen LogP contribution in [0, 0.1) is 16.0 Å². The number of carbonyl (C=O) groups excluding carboxylic acids is 3. The molecule has 3 heterocycles. The van der Waals surface area contributed by atoms with Crippen LogP contribution in [0.5, 0.6) is 0 Å². The van der Waals surface area contributed by atoms with Crippen molar-refractivity contribution in [2.75, 3.05) is 32.7 Å². The van der Waals surface area contributed by atoms with Crippen LogP contribution < -0.4 is 10.4 Å². The van der Waals surface area contributed by atoms with Gasteiger partial charge in [-0.2, -0.15) is 13.2 Å². The van der Waals surface area contributed by atoms with E-state index in [0.717, 1.165) is 25.9 Å². The predicted molar refractivity (Wildman–Crippen MR) is 155 cm³/mol. The second-order valence-electron chi connectivity index (χ2n) is 11.2. The number of hydrogen-bond acceptors (Lipinski definition) is 8. The summed E-state index contributed by atoms with van der Waals surface area (Å²) in [6.45, 7) is 3.36. The molecule has 11 nitrogen and oxygen atoms in total. The first-order valence-corrected chi connectivity index (χ1v) is 14.5. The average Bonchev–Trinajstić information content (AvgIpc) is 3.05. The second-order valence-corrected chi connectivity index (χ2v) is 11.2. The van der Waals surface area contributed by atoms with Crippen LogP contribution in [0.2, 0.25) is 0 Å². The van der Waals surface area contributed by atoms with Crippen LogP contribution in [-0.2, 0) is 19.9 Å². The number of fused-ring (bicyclic) bond motifs is 3. The number of benzene rings is 3. The van der Waals surface area contributed by atoms with Gasteiger partial charge in [-0.1, -0.05) is 72.8 Å². The molecule has 3 saturated heterocycles. The van der Waals surface area contributed by atoms with Gasteiger partial charge in [-0.15, -0.1) is 0 Å². The Balaban J connectivity index is 0.000000617. The number of alkyl halides is 3. The number of halogens is 3. The number of esters is 1. The number of nitrogens with one attached hydrogen (secondary N) is 1. The number of nitro groups is 1. The van der Waals surface area contributed by atoms with Gasteiger partial charge in [0.2, 0.25) is 5.60 Å². The molecular formula is C32H32F3N3O8. The Kier molecular flexibility index (Phi) is 10.4. The summed E-state index contributed by atoms with van der Waals surface area (Å²) < 4.78 is 38.3. The topological polar surface area (TPSA) is 159 Å². The molecule has 46 heavy (non-hydrogen) atoms. The minimum absolute atomic E-state index is 0.0350. The number of aliphatic hydroxyl groups is 1. The summed E-state index contributed by atoms with van der Waals surface area (Å²) in [5, 5.41) is 34.7. The van der Waals surface area contributed by atoms with Gasteiger partial charge < -0.3 is 29.5 Å². The Bertz CT molecular complexity index is 1510. The van der Waals surface area contributed by atoms with E-state index in [1.165, 1.54) is 18.2 Å². The number of nitro benzene ring substituents is 1. The molecule has 3 aliphatic heterocycles. The maximum atomic E-state index is 13.7. The number of nitrogens with zero attached hydrogens (tertiary/aromatic N) is 2. The molecule has 0 radical (unpaired) electrons. The number of ether oxygens (including phenoxy) is 1. The molecule has 3 aromatic rings. The average molecular weight is 644 g/mol. The van der Waals surface area contributed by atoms with Crippen LogP contribution in [-0.4, -0.2) is 77.4 Å². The minimum Gasteiger partial charge on any atom is -0.542 e. The zero-order valence-corrected chi connectivity index (χ0v) is 24.5. The highest BCUT2D eigenvalue weighted by molar-refractivity contribution is 5.98. The highest BCUT2D eigenvalue weighted by atomic mass is 19.4. The van der Waals surface area contributed by atoms with Gasteiger partial charge in [-0.25, -0.2) is 4.79 Å². The molecule has 2 N–H and O–H groups in total. The minimum atomic E-state index is -5.19. The number of piperidine rings is 3. The lowest BCUT2D eigenvalue weighted by Crippen LogP contribution is -2.66. The van der Waals surface area contributed by atoms with Gasteiger partial charge in [0.1, 0.15) is 18.1 Å². The van der Waals surface area contributed by atoms with Crippen molar-refractivity contribution in [3.8, 4) is 0 Å². The Labute approximate surface area is 262 Å². The molecule has 6 rings (SSSR count). The third-order valence-electron chi connectivity index (χ3n) is 8.43. The number of amides is 1. The molecule has 2 bridgehead atoms. The summed E-state index contributed by atoms with van der Waals surface area (Å²) in [6, 6.07) is 23.6. The Morgan fingerprint density at radius 3 is 1.91 bits per heavy atom. The van der Waals surface area contributed by atoms with E-state index >= 15 is 0 Å². The van der Waals surface area contributed by atoms with Crippen LogP contribution in [0.25, 0.3) is 0 Å². The number of aliphatic carboxylic acids is 1. The molecule has 1 amide bonds. The smallest absolute Gasteiger partial charge is 0.430 e. The van der Waals surface area contributed by atoms with E-state index < -0.39 is 34.5 Å². The molecule has 3 aliphatic rings. The van der Waals surface area contributed by atoms with Crippen LogP contribution in [0.15, 0.2) is 84.9 Å². The fourth-order valence-electron chi connectivity index (χ4n) is 5.98. The molecule has 244 valence electrons. The van der Waals surface area contributed by atoms with E-state index in [1.807, 2.05) is 12.1 Å². The summed E-state index contributed by atoms with van der Waals surface area (Å²) in [6.07, 6.45) is -3.79. The summed E-state index contributed by atoms with van der Waals surface area (Å²) in [5.41, 5.74) is -1.23. The largest absolute Gasteiger partial charge is 0.542 e. The van der Waals surface area contributed by atoms with E-state index in [2.05, 4.69) is 5.32 Å². The highest BCUT2D eigenvalue weighted by Crippen LogP contribution is 2.38. The Morgan fingerprint density at radius 1 is 0.913 bits per heavy atom. The molecule has 0 aromatic heterocycles. The van der Waals surface area contributed by atoms with Crippen molar-refractivity contribution < 1.29 is 51.9 Å². The van der Waals surface area contributed by atoms with Crippen molar-refractivity contribution in [1.82, 2.24) is 5.32 Å². The summed E-state index contributed by atoms with van der Waals surface area (Å²) >= 11 is 0. The molecule has 0 saturated carbocycles. The van der Waals surface area contributed by atoms with Gasteiger partial charge in [-0.05, 0) is 17.2 Å². The van der Waals surface area contributed by atoms with Gasteiger partial charge in [0.25, 0.3) is 11.6 Å². The molecule has 3 fully saturated rings. The fraction of sp³-hybridized carbons (Fsp3) is 0.344. The standard InChI is InChI=1S/C30H31N3O6.C2HF3O2/c34-28(25-13-7-8-14-26(25)32(37)38)31-17-20-33-18-15-22(16-19-33)27(21-33)39-29(35)30(36,23-9-3-1-4-10-23)24-11-5-2-6-12-24;3-2(4,5)1(6)7/h1-14,22,27,36H,15-21H2;(H,6,7)/t22?,27-,33?;/m0./s1. The van der Waals surface area contributed by atoms with E-state index in [-0.39, 0.29) is 23.3 Å². The number of carboxylic acid groups (broad SMARTS) is 1. The summed E-state index contributed by atoms with van der Waals surface area (Å²) in [7, 11) is 0. The maximum Gasteiger partial charge on any atom is 0.430 e. The van der Waals surface area contributed by atoms with Crippen molar-refractivity contribution in [2.24, 2.45) is 5.92 Å². The zero-order chi connectivity index (χ0) is 33.5. The summed E-state index contributed by atoms with van der Waals surface area (Å²) in [4.78, 5) is 45.9. The van der Waals surface area contributed by atoms with Crippen LogP contribution in [0.3, 0.4) is 0 Å². The lowest BCUT2D eigenvalue weighted by atomic mass is 9.82. The lowest BCUT2D eigenvalue weighted by molar-refractivity contribution is -0.945. The van der Waals surface area contributed by atoms with E-state index in [9.17, 15) is 38.0 Å². The van der Waals surface area contributed by atoms with Gasteiger partial charge in [0.05, 0.1) is 31.1 Å². The first kappa shape index (κ1) is 34.1. The molecule has 3 aromatic carbocycles. The summed E-state index contributed by atoms with van der Waals surface area (Å²) in [5.74, 6) is -3.97. The molecule has 0 unspecified atom stereocenters. The third kappa shape index (κ3) is 7.69. The monoisotopic (exact) mass is 643 g/mol. The molecule has 1 atom stereocenters. The zero-order valence-electron chi connectivity index (χ0n) is 24.5. The van der Waals surface area contributed by atoms with Crippen LogP contribution in [0.1, 0.15) is 34.3 Å². The number of hydrogen-bond donors (Lipinski definition) is 2. The molecule has 14 heteroatoms. The van der Waals surface area contributed by atoms with Gasteiger partial charge in [0, 0.05) is 24.8 Å².